The number of pyridine rings is 1. The first kappa shape index (κ1) is 10.7. The van der Waals surface area contributed by atoms with Crippen LogP contribution in [0, 0.1) is 0 Å². The Hall–Kier alpha value is -0.410. The molecule has 0 fully saturated rings. The first-order chi connectivity index (χ1) is 6.24. The fraction of sp³-hybridized carbons (Fsp3) is 0.500. The Kier molecular flexibility index (Phi) is 4.39. The van der Waals surface area contributed by atoms with Crippen LogP contribution < -0.4 is 0 Å². The van der Waals surface area contributed by atoms with E-state index in [1.165, 1.54) is 0 Å². The summed E-state index contributed by atoms with van der Waals surface area (Å²) >= 11 is 3.32. The number of nitrogens with zero attached hydrogens (tertiary/aromatic N) is 1. The second kappa shape index (κ2) is 5.35. The van der Waals surface area contributed by atoms with Crippen molar-refractivity contribution in [3.63, 3.8) is 0 Å². The Morgan fingerprint density at radius 2 is 2.31 bits per heavy atom. The molecule has 13 heavy (non-hydrogen) atoms. The molecule has 1 aromatic rings. The van der Waals surface area contributed by atoms with E-state index in [4.69, 9.17) is 0 Å². The van der Waals surface area contributed by atoms with Crippen molar-refractivity contribution in [3.8, 4) is 0 Å². The van der Waals surface area contributed by atoms with Gasteiger partial charge in [-0.3, -0.25) is 4.98 Å². The van der Waals surface area contributed by atoms with Crippen LogP contribution in [0.5, 0.6) is 0 Å². The standard InChI is InChI=1S/C10H14BrNO/c1-2-3-4-10(13)8-5-9(11)7-12-6-8/h5-7,10,13H,2-4H2,1H3. The average molecular weight is 244 g/mol. The quantitative estimate of drug-likeness (QED) is 0.882. The molecule has 72 valence electrons. The number of halogens is 1. The summed E-state index contributed by atoms with van der Waals surface area (Å²) < 4.78 is 0.917. The molecule has 0 aromatic carbocycles. The van der Waals surface area contributed by atoms with Gasteiger partial charge in [-0.1, -0.05) is 19.8 Å². The predicted molar refractivity (Wildman–Crippen MR) is 56.4 cm³/mol. The molecule has 0 radical (unpaired) electrons. The monoisotopic (exact) mass is 243 g/mol. The van der Waals surface area contributed by atoms with Crippen LogP contribution in [0.1, 0.15) is 37.9 Å². The minimum Gasteiger partial charge on any atom is -0.388 e. The highest BCUT2D eigenvalue weighted by atomic mass is 79.9. The van der Waals surface area contributed by atoms with Gasteiger partial charge in [0.25, 0.3) is 0 Å². The third kappa shape index (κ3) is 3.44. The lowest BCUT2D eigenvalue weighted by molar-refractivity contribution is 0.164. The number of aliphatic hydroxyl groups is 1. The molecule has 1 atom stereocenters. The third-order valence-corrected chi connectivity index (χ3v) is 2.38. The van der Waals surface area contributed by atoms with Crippen molar-refractivity contribution in [2.75, 3.05) is 0 Å². The molecule has 2 nitrogen and oxygen atoms in total. The summed E-state index contributed by atoms with van der Waals surface area (Å²) in [7, 11) is 0. The van der Waals surface area contributed by atoms with Gasteiger partial charge in [-0.25, -0.2) is 0 Å². The van der Waals surface area contributed by atoms with E-state index in [0.717, 1.165) is 29.3 Å². The van der Waals surface area contributed by atoms with Gasteiger partial charge < -0.3 is 5.11 Å². The molecule has 0 amide bonds. The van der Waals surface area contributed by atoms with Crippen LogP contribution >= 0.6 is 15.9 Å². The van der Waals surface area contributed by atoms with Gasteiger partial charge >= 0.3 is 0 Å². The summed E-state index contributed by atoms with van der Waals surface area (Å²) in [6.45, 7) is 2.12. The molecular weight excluding hydrogens is 230 g/mol. The summed E-state index contributed by atoms with van der Waals surface area (Å²) in [5.41, 5.74) is 0.892. The Morgan fingerprint density at radius 3 is 2.92 bits per heavy atom. The molecular formula is C10H14BrNO. The summed E-state index contributed by atoms with van der Waals surface area (Å²) in [5.74, 6) is 0. The van der Waals surface area contributed by atoms with Crippen LogP contribution in [-0.4, -0.2) is 10.1 Å². The van der Waals surface area contributed by atoms with Crippen LogP contribution in [0.2, 0.25) is 0 Å². The largest absolute Gasteiger partial charge is 0.388 e. The van der Waals surface area contributed by atoms with Crippen LogP contribution in [0.4, 0.5) is 0 Å². The molecule has 0 bridgehead atoms. The molecule has 1 aromatic heterocycles. The van der Waals surface area contributed by atoms with Gasteiger partial charge in [0.05, 0.1) is 6.10 Å². The van der Waals surface area contributed by atoms with Gasteiger partial charge in [-0.2, -0.15) is 0 Å². The number of unbranched alkanes of at least 4 members (excludes halogenated alkanes) is 1. The Morgan fingerprint density at radius 1 is 1.54 bits per heavy atom. The SMILES string of the molecule is CCCCC(O)c1cncc(Br)c1. The first-order valence-corrected chi connectivity index (χ1v) is 5.32. The van der Waals surface area contributed by atoms with Crippen molar-refractivity contribution >= 4 is 15.9 Å². The topological polar surface area (TPSA) is 33.1 Å². The highest BCUT2D eigenvalue weighted by Crippen LogP contribution is 2.20. The molecule has 0 saturated heterocycles. The average Bonchev–Trinajstić information content (AvgIpc) is 2.14. The van der Waals surface area contributed by atoms with E-state index in [-0.39, 0.29) is 6.10 Å². The van der Waals surface area contributed by atoms with Crippen molar-refractivity contribution in [2.24, 2.45) is 0 Å². The fourth-order valence-corrected chi connectivity index (χ4v) is 1.56. The molecule has 0 saturated carbocycles. The maximum absolute atomic E-state index is 9.72. The number of hydrogen-bond donors (Lipinski definition) is 1. The van der Waals surface area contributed by atoms with E-state index in [2.05, 4.69) is 27.8 Å². The Bertz CT molecular complexity index is 265. The van der Waals surface area contributed by atoms with E-state index < -0.39 is 0 Å². The second-order valence-electron chi connectivity index (χ2n) is 3.09. The van der Waals surface area contributed by atoms with Gasteiger partial charge in [0.2, 0.25) is 0 Å². The van der Waals surface area contributed by atoms with E-state index in [1.54, 1.807) is 12.4 Å². The molecule has 3 heteroatoms. The highest BCUT2D eigenvalue weighted by molar-refractivity contribution is 9.10. The third-order valence-electron chi connectivity index (χ3n) is 1.94. The summed E-state index contributed by atoms with van der Waals surface area (Å²) in [6.07, 6.45) is 6.03. The Balaban J connectivity index is 2.60. The lowest BCUT2D eigenvalue weighted by Gasteiger charge is -2.09. The lowest BCUT2D eigenvalue weighted by Crippen LogP contribution is -1.97. The molecule has 1 unspecified atom stereocenters. The number of hydrogen-bond acceptors (Lipinski definition) is 2. The molecule has 0 aliphatic carbocycles. The summed E-state index contributed by atoms with van der Waals surface area (Å²) in [6, 6.07) is 1.91. The second-order valence-corrected chi connectivity index (χ2v) is 4.01. The van der Waals surface area contributed by atoms with Crippen molar-refractivity contribution in [3.05, 3.63) is 28.5 Å². The minimum atomic E-state index is -0.370. The lowest BCUT2D eigenvalue weighted by atomic mass is 10.1. The van der Waals surface area contributed by atoms with Crippen molar-refractivity contribution < 1.29 is 5.11 Å². The molecule has 0 aliphatic rings. The van der Waals surface area contributed by atoms with Gasteiger partial charge in [0.1, 0.15) is 0 Å². The zero-order valence-electron chi connectivity index (χ0n) is 7.70. The minimum absolute atomic E-state index is 0.370. The number of aliphatic hydroxyl groups excluding tert-OH is 1. The van der Waals surface area contributed by atoms with Crippen LogP contribution in [-0.2, 0) is 0 Å². The number of aromatic nitrogens is 1. The Labute approximate surface area is 87.1 Å². The zero-order chi connectivity index (χ0) is 9.68. The molecule has 1 rings (SSSR count). The van der Waals surface area contributed by atoms with Gasteiger partial charge in [-0.15, -0.1) is 0 Å². The maximum atomic E-state index is 9.72. The van der Waals surface area contributed by atoms with Crippen LogP contribution in [0.3, 0.4) is 0 Å². The normalized spacial score (nSPS) is 12.8. The van der Waals surface area contributed by atoms with E-state index in [1.807, 2.05) is 6.07 Å². The van der Waals surface area contributed by atoms with E-state index in [9.17, 15) is 5.11 Å². The van der Waals surface area contributed by atoms with Crippen LogP contribution in [0.15, 0.2) is 22.9 Å². The van der Waals surface area contributed by atoms with Crippen LogP contribution in [0.25, 0.3) is 0 Å². The zero-order valence-corrected chi connectivity index (χ0v) is 9.29. The van der Waals surface area contributed by atoms with Gasteiger partial charge in [0, 0.05) is 16.9 Å². The van der Waals surface area contributed by atoms with Crippen molar-refractivity contribution in [1.82, 2.24) is 4.98 Å². The van der Waals surface area contributed by atoms with Gasteiger partial charge in [0.15, 0.2) is 0 Å². The van der Waals surface area contributed by atoms with Gasteiger partial charge in [-0.05, 0) is 34.0 Å². The molecule has 0 aliphatic heterocycles. The highest BCUT2D eigenvalue weighted by Gasteiger charge is 2.06. The fourth-order valence-electron chi connectivity index (χ4n) is 1.17. The van der Waals surface area contributed by atoms with Crippen molar-refractivity contribution in [1.29, 1.82) is 0 Å². The van der Waals surface area contributed by atoms with E-state index in [0.29, 0.717) is 0 Å². The predicted octanol–water partition coefficient (Wildman–Crippen LogP) is 3.07. The molecule has 1 heterocycles. The van der Waals surface area contributed by atoms with E-state index >= 15 is 0 Å². The maximum Gasteiger partial charge on any atom is 0.0805 e. The number of rotatable bonds is 4. The summed E-state index contributed by atoms with van der Waals surface area (Å²) in [4.78, 5) is 4.01. The van der Waals surface area contributed by atoms with Crippen molar-refractivity contribution in [2.45, 2.75) is 32.3 Å². The first-order valence-electron chi connectivity index (χ1n) is 4.52. The summed E-state index contributed by atoms with van der Waals surface area (Å²) in [5, 5.41) is 9.72. The molecule has 0 spiro atoms. The molecule has 1 N–H and O–H groups in total. The smallest absolute Gasteiger partial charge is 0.0805 e.